The average Bonchev–Trinajstić information content (AvgIpc) is 3.49. The number of aliphatic imine (C=N–C) groups is 1. The highest BCUT2D eigenvalue weighted by atomic mass is 32.2. The molecule has 1 aromatic heterocycles. The van der Waals surface area contributed by atoms with Crippen LogP contribution >= 0.6 is 0 Å². The number of sulfonamides is 1. The number of benzene rings is 1. The van der Waals surface area contributed by atoms with E-state index in [9.17, 15) is 23.1 Å². The fraction of sp³-hybridized carbons (Fsp3) is 0.368. The molecule has 0 aliphatic carbocycles. The predicted molar refractivity (Wildman–Crippen MR) is 115 cm³/mol. The second-order valence-electron chi connectivity index (χ2n) is 6.85. The molecule has 1 aliphatic rings. The van der Waals surface area contributed by atoms with Crippen molar-refractivity contribution in [2.45, 2.75) is 17.4 Å². The number of aromatic nitrogens is 1. The fourth-order valence-corrected chi connectivity index (χ4v) is 3.93. The highest BCUT2D eigenvalue weighted by Gasteiger charge is 2.26. The van der Waals surface area contributed by atoms with Crippen LogP contribution in [-0.4, -0.2) is 75.3 Å². The minimum absolute atomic E-state index is 0.0936. The topological polar surface area (TPSA) is 184 Å². The molecule has 1 aromatic carbocycles. The molecular weight excluding hydrogens is 456 g/mol. The zero-order valence-electron chi connectivity index (χ0n) is 17.5. The minimum Gasteiger partial charge on any atom is -0.480 e. The van der Waals surface area contributed by atoms with Gasteiger partial charge in [0.1, 0.15) is 6.04 Å². The van der Waals surface area contributed by atoms with Crippen LogP contribution in [0.4, 0.5) is 0 Å². The molecule has 3 rings (SSSR count). The van der Waals surface area contributed by atoms with E-state index in [0.717, 1.165) is 19.0 Å². The Morgan fingerprint density at radius 2 is 2.06 bits per heavy atom. The van der Waals surface area contributed by atoms with Crippen LogP contribution in [0.2, 0.25) is 0 Å². The third-order valence-corrected chi connectivity index (χ3v) is 5.85. The van der Waals surface area contributed by atoms with E-state index in [0.29, 0.717) is 19.6 Å². The van der Waals surface area contributed by atoms with Crippen molar-refractivity contribution in [2.24, 2.45) is 4.99 Å². The lowest BCUT2D eigenvalue weighted by Crippen LogP contribution is -2.48. The zero-order valence-corrected chi connectivity index (χ0v) is 18.3. The molecule has 0 spiro atoms. The molecule has 0 radical (unpaired) electrons. The summed E-state index contributed by atoms with van der Waals surface area (Å²) in [5.74, 6) is -1.59. The summed E-state index contributed by atoms with van der Waals surface area (Å²) < 4.78 is 37.0. The normalized spacial score (nSPS) is 14.1. The van der Waals surface area contributed by atoms with Gasteiger partial charge in [-0.1, -0.05) is 18.2 Å². The number of amides is 1. The van der Waals surface area contributed by atoms with E-state index < -0.39 is 34.5 Å². The Balaban J connectivity index is 1.45. The first kappa shape index (κ1) is 24.0. The molecule has 13 nitrogen and oxygen atoms in total. The van der Waals surface area contributed by atoms with Crippen LogP contribution in [0.1, 0.15) is 17.0 Å². The van der Waals surface area contributed by atoms with Crippen molar-refractivity contribution in [1.82, 2.24) is 25.8 Å². The molecule has 14 heteroatoms. The number of guanidine groups is 1. The minimum atomic E-state index is -4.09. The predicted octanol–water partition coefficient (Wildman–Crippen LogP) is -0.846. The van der Waals surface area contributed by atoms with Gasteiger partial charge in [-0.25, -0.2) is 8.42 Å². The third-order valence-electron chi connectivity index (χ3n) is 4.37. The first-order valence-corrected chi connectivity index (χ1v) is 11.5. The smallest absolute Gasteiger partial charge is 0.323 e. The molecule has 5 N–H and O–H groups in total. The maximum absolute atomic E-state index is 12.3. The van der Waals surface area contributed by atoms with Gasteiger partial charge in [-0.15, -0.1) is 0 Å². The largest absolute Gasteiger partial charge is 0.480 e. The summed E-state index contributed by atoms with van der Waals surface area (Å²) in [5.41, 5.74) is 0. The summed E-state index contributed by atoms with van der Waals surface area (Å²) in [4.78, 5) is 27.8. The van der Waals surface area contributed by atoms with Crippen molar-refractivity contribution >= 4 is 27.9 Å². The van der Waals surface area contributed by atoms with E-state index in [-0.39, 0.29) is 16.5 Å². The van der Waals surface area contributed by atoms with E-state index in [2.05, 4.69) is 26.1 Å². The van der Waals surface area contributed by atoms with Gasteiger partial charge >= 0.3 is 5.97 Å². The van der Waals surface area contributed by atoms with E-state index in [1.54, 1.807) is 6.07 Å². The lowest BCUT2D eigenvalue weighted by Gasteiger charge is -2.15. The first-order valence-electron chi connectivity index (χ1n) is 10.1. The van der Waals surface area contributed by atoms with E-state index in [1.165, 1.54) is 30.3 Å². The molecule has 0 bridgehead atoms. The summed E-state index contributed by atoms with van der Waals surface area (Å²) in [6, 6.07) is 6.96. The van der Waals surface area contributed by atoms with Gasteiger partial charge in [-0.2, -0.15) is 4.72 Å². The van der Waals surface area contributed by atoms with E-state index >= 15 is 0 Å². The number of nitrogens with one attached hydrogen (secondary N) is 4. The van der Waals surface area contributed by atoms with Gasteiger partial charge in [0, 0.05) is 19.6 Å². The van der Waals surface area contributed by atoms with Crippen molar-refractivity contribution in [3.8, 4) is 5.88 Å². The monoisotopic (exact) mass is 480 g/mol. The molecule has 0 saturated heterocycles. The summed E-state index contributed by atoms with van der Waals surface area (Å²) in [5, 5.41) is 21.5. The lowest BCUT2D eigenvalue weighted by atomic mass is 10.3. The number of carboxylic acid groups (broad SMARTS) is 1. The lowest BCUT2D eigenvalue weighted by molar-refractivity contribution is -0.138. The Bertz CT molecular complexity index is 1090. The number of ether oxygens (including phenoxy) is 1. The summed E-state index contributed by atoms with van der Waals surface area (Å²) >= 11 is 0. The molecule has 1 atom stereocenters. The molecule has 2 heterocycles. The Labute approximate surface area is 189 Å². The SMILES string of the molecule is O=C(NC[C@H](NS(=O)(=O)c1ccccc1)C(=O)O)c1cc(OCCCNC2=NCCN2)no1. The van der Waals surface area contributed by atoms with Crippen molar-refractivity contribution in [3.63, 3.8) is 0 Å². The fourth-order valence-electron chi connectivity index (χ4n) is 2.72. The number of nitrogens with zero attached hydrogens (tertiary/aromatic N) is 2. The number of carboxylic acids is 1. The first-order chi connectivity index (χ1) is 15.8. The van der Waals surface area contributed by atoms with Crippen molar-refractivity contribution in [1.29, 1.82) is 0 Å². The van der Waals surface area contributed by atoms with Gasteiger partial charge in [-0.3, -0.25) is 14.6 Å². The summed E-state index contributed by atoms with van der Waals surface area (Å²) in [7, 11) is -4.09. The van der Waals surface area contributed by atoms with E-state index in [1.807, 2.05) is 4.72 Å². The zero-order chi connectivity index (χ0) is 23.7. The molecule has 1 amide bonds. The van der Waals surface area contributed by atoms with Crippen LogP contribution in [0.5, 0.6) is 5.88 Å². The van der Waals surface area contributed by atoms with Crippen molar-refractivity contribution < 1.29 is 32.4 Å². The molecular formula is C19H24N6O7S. The van der Waals surface area contributed by atoms with Gasteiger partial charge in [0.05, 0.1) is 24.1 Å². The second-order valence-corrected chi connectivity index (χ2v) is 8.56. The summed E-state index contributed by atoms with van der Waals surface area (Å²) in [6.45, 7) is 1.99. The molecule has 178 valence electrons. The Morgan fingerprint density at radius 3 is 2.76 bits per heavy atom. The highest BCUT2D eigenvalue weighted by molar-refractivity contribution is 7.89. The van der Waals surface area contributed by atoms with Crippen LogP contribution in [0.3, 0.4) is 0 Å². The molecule has 0 saturated carbocycles. The quantitative estimate of drug-likeness (QED) is 0.240. The average molecular weight is 481 g/mol. The van der Waals surface area contributed by atoms with Crippen LogP contribution < -0.4 is 25.4 Å². The number of rotatable bonds is 12. The van der Waals surface area contributed by atoms with E-state index in [4.69, 9.17) is 9.26 Å². The third kappa shape index (κ3) is 7.18. The van der Waals surface area contributed by atoms with Crippen LogP contribution in [0.15, 0.2) is 50.8 Å². The second kappa shape index (κ2) is 11.3. The number of hydrogen-bond acceptors (Lipinski definition) is 10. The van der Waals surface area contributed by atoms with Gasteiger partial charge in [-0.05, 0) is 23.7 Å². The maximum atomic E-state index is 12.3. The van der Waals surface area contributed by atoms with Crippen LogP contribution in [0.25, 0.3) is 0 Å². The molecule has 0 unspecified atom stereocenters. The summed E-state index contributed by atoms with van der Waals surface area (Å²) in [6.07, 6.45) is 0.650. The number of hydrogen-bond donors (Lipinski definition) is 5. The maximum Gasteiger partial charge on any atom is 0.323 e. The van der Waals surface area contributed by atoms with Gasteiger partial charge in [0.15, 0.2) is 5.96 Å². The van der Waals surface area contributed by atoms with Gasteiger partial charge in [0.25, 0.3) is 11.8 Å². The number of aliphatic carboxylic acids is 1. The molecule has 1 aliphatic heterocycles. The molecule has 2 aromatic rings. The van der Waals surface area contributed by atoms with Gasteiger partial charge in [0.2, 0.25) is 15.8 Å². The van der Waals surface area contributed by atoms with Gasteiger partial charge < -0.3 is 30.3 Å². The standard InChI is InChI=1S/C19H24N6O7S/c26-17(15-11-16(24-32-15)31-10-4-7-20-19-21-8-9-22-19)23-12-14(18(27)28)25-33(29,30)13-5-2-1-3-6-13/h1-3,5-6,11,14,25H,4,7-10,12H2,(H,23,26)(H,27,28)(H2,20,21,22)/t14-/m0/s1. The van der Waals surface area contributed by atoms with Crippen LogP contribution in [0, 0.1) is 0 Å². The van der Waals surface area contributed by atoms with Crippen molar-refractivity contribution in [3.05, 3.63) is 42.2 Å². The number of carbonyl (C=O) groups is 2. The molecule has 33 heavy (non-hydrogen) atoms. The Hall–Kier alpha value is -3.65. The number of carbonyl (C=O) groups excluding carboxylic acids is 1. The Kier molecular flexibility index (Phi) is 8.21. The van der Waals surface area contributed by atoms with Crippen molar-refractivity contribution in [2.75, 3.05) is 32.8 Å². The molecule has 0 fully saturated rings. The Morgan fingerprint density at radius 1 is 1.27 bits per heavy atom. The highest BCUT2D eigenvalue weighted by Crippen LogP contribution is 2.12. The van der Waals surface area contributed by atoms with Crippen LogP contribution in [-0.2, 0) is 14.8 Å².